The second kappa shape index (κ2) is 9.34. The second-order valence-corrected chi connectivity index (χ2v) is 6.77. The maximum Gasteiger partial charge on any atom is 0.359 e. The summed E-state index contributed by atoms with van der Waals surface area (Å²) >= 11 is 6.05. The van der Waals surface area contributed by atoms with Crippen LogP contribution in [0, 0.1) is 0 Å². The lowest BCUT2D eigenvalue weighted by molar-refractivity contribution is -0.124. The number of hydrogen-bond acceptors (Lipinski definition) is 5. The van der Waals surface area contributed by atoms with Gasteiger partial charge in [-0.25, -0.2) is 9.48 Å². The summed E-state index contributed by atoms with van der Waals surface area (Å²) in [5.41, 5.74) is 0.497. The third kappa shape index (κ3) is 4.81. The number of benzene rings is 2. The highest BCUT2D eigenvalue weighted by Gasteiger charge is 2.18. The van der Waals surface area contributed by atoms with E-state index in [9.17, 15) is 14.4 Å². The molecule has 7 nitrogen and oxygen atoms in total. The number of amides is 1. The maximum absolute atomic E-state index is 12.6. The van der Waals surface area contributed by atoms with Crippen molar-refractivity contribution < 1.29 is 14.3 Å². The largest absolute Gasteiger partial charge is 0.451 e. The smallest absolute Gasteiger partial charge is 0.359 e. The number of nitrogens with one attached hydrogen (secondary N) is 1. The molecule has 0 fully saturated rings. The Labute approximate surface area is 172 Å². The molecule has 0 saturated heterocycles. The number of fused-ring (bicyclic) bond motifs is 1. The molecule has 0 unspecified atom stereocenters. The normalized spacial score (nSPS) is 10.7. The molecule has 0 aliphatic carbocycles. The number of rotatable bonds is 7. The highest BCUT2D eigenvalue weighted by molar-refractivity contribution is 6.31. The Hall–Kier alpha value is -3.19. The first kappa shape index (κ1) is 20.5. The van der Waals surface area contributed by atoms with Crippen molar-refractivity contribution in [2.24, 2.45) is 0 Å². The summed E-state index contributed by atoms with van der Waals surface area (Å²) in [7, 11) is 0. The fourth-order valence-electron chi connectivity index (χ4n) is 2.84. The van der Waals surface area contributed by atoms with E-state index in [2.05, 4.69) is 10.4 Å². The Morgan fingerprint density at radius 2 is 1.79 bits per heavy atom. The molecule has 29 heavy (non-hydrogen) atoms. The van der Waals surface area contributed by atoms with Gasteiger partial charge in [0.1, 0.15) is 0 Å². The topological polar surface area (TPSA) is 90.3 Å². The second-order valence-electron chi connectivity index (χ2n) is 6.37. The molecule has 0 radical (unpaired) electrons. The predicted octanol–water partition coefficient (Wildman–Crippen LogP) is 2.93. The Balaban J connectivity index is 1.71. The maximum atomic E-state index is 12.6. The van der Waals surface area contributed by atoms with Crippen molar-refractivity contribution in [3.8, 4) is 0 Å². The van der Waals surface area contributed by atoms with E-state index in [1.54, 1.807) is 42.5 Å². The van der Waals surface area contributed by atoms with Gasteiger partial charge < -0.3 is 10.1 Å². The van der Waals surface area contributed by atoms with Crippen LogP contribution >= 0.6 is 11.6 Å². The van der Waals surface area contributed by atoms with Crippen LogP contribution in [-0.4, -0.2) is 28.3 Å². The Morgan fingerprint density at radius 1 is 1.10 bits per heavy atom. The van der Waals surface area contributed by atoms with Crippen molar-refractivity contribution in [1.29, 1.82) is 0 Å². The first-order valence-electron chi connectivity index (χ1n) is 9.18. The molecule has 0 spiro atoms. The summed E-state index contributed by atoms with van der Waals surface area (Å²) in [4.78, 5) is 37.1. The Morgan fingerprint density at radius 3 is 2.52 bits per heavy atom. The molecule has 150 valence electrons. The molecule has 1 N–H and O–H groups in total. The quantitative estimate of drug-likeness (QED) is 0.601. The number of nitrogens with zero attached hydrogens (tertiary/aromatic N) is 2. The lowest BCUT2D eigenvalue weighted by atomic mass is 10.1. The van der Waals surface area contributed by atoms with Gasteiger partial charge in [-0.1, -0.05) is 54.9 Å². The summed E-state index contributed by atoms with van der Waals surface area (Å²) in [6.07, 6.45) is 0.685. The SMILES string of the molecule is CCCn1nc(C(=O)OCC(=O)NCc2ccccc2Cl)c2ccccc2c1=O. The third-order valence-corrected chi connectivity index (χ3v) is 4.63. The van der Waals surface area contributed by atoms with Crippen LogP contribution in [0.1, 0.15) is 29.4 Å². The van der Waals surface area contributed by atoms with Crippen LogP contribution in [0.4, 0.5) is 0 Å². The van der Waals surface area contributed by atoms with Gasteiger partial charge in [0.2, 0.25) is 0 Å². The number of aromatic nitrogens is 2. The molecule has 0 aliphatic rings. The molecule has 1 aromatic heterocycles. The van der Waals surface area contributed by atoms with Crippen molar-refractivity contribution in [3.63, 3.8) is 0 Å². The number of halogens is 1. The van der Waals surface area contributed by atoms with Gasteiger partial charge in [0.05, 0.1) is 5.39 Å². The van der Waals surface area contributed by atoms with Crippen LogP contribution in [-0.2, 0) is 22.6 Å². The summed E-state index contributed by atoms with van der Waals surface area (Å²) in [5, 5.41) is 8.12. The number of hydrogen-bond donors (Lipinski definition) is 1. The molecule has 0 saturated carbocycles. The van der Waals surface area contributed by atoms with Gasteiger partial charge >= 0.3 is 5.97 Å². The zero-order valence-electron chi connectivity index (χ0n) is 15.9. The van der Waals surface area contributed by atoms with Crippen molar-refractivity contribution in [1.82, 2.24) is 15.1 Å². The number of carbonyl (C=O) groups is 2. The van der Waals surface area contributed by atoms with Crippen molar-refractivity contribution >= 4 is 34.2 Å². The van der Waals surface area contributed by atoms with Crippen LogP contribution in [0.3, 0.4) is 0 Å². The zero-order chi connectivity index (χ0) is 20.8. The van der Waals surface area contributed by atoms with E-state index in [1.165, 1.54) is 4.68 Å². The highest BCUT2D eigenvalue weighted by atomic mass is 35.5. The van der Waals surface area contributed by atoms with E-state index < -0.39 is 18.5 Å². The van der Waals surface area contributed by atoms with E-state index in [0.717, 1.165) is 5.56 Å². The Bertz CT molecular complexity index is 1110. The van der Waals surface area contributed by atoms with E-state index in [1.807, 2.05) is 13.0 Å². The van der Waals surface area contributed by atoms with E-state index >= 15 is 0 Å². The van der Waals surface area contributed by atoms with Gasteiger partial charge in [0.25, 0.3) is 11.5 Å². The molecule has 0 atom stereocenters. The number of aryl methyl sites for hydroxylation is 1. The molecular formula is C21H20ClN3O4. The molecule has 1 amide bonds. The van der Waals surface area contributed by atoms with Gasteiger partial charge in [-0.3, -0.25) is 9.59 Å². The average molecular weight is 414 g/mol. The van der Waals surface area contributed by atoms with Crippen molar-refractivity contribution in [3.05, 3.63) is 75.2 Å². The number of ether oxygens (including phenoxy) is 1. The molecule has 3 rings (SSSR count). The van der Waals surface area contributed by atoms with E-state index in [4.69, 9.17) is 16.3 Å². The minimum absolute atomic E-state index is 0.00699. The fraction of sp³-hybridized carbons (Fsp3) is 0.238. The monoisotopic (exact) mass is 413 g/mol. The van der Waals surface area contributed by atoms with Crippen LogP contribution in [0.2, 0.25) is 5.02 Å². The standard InChI is InChI=1S/C21H20ClN3O4/c1-2-11-25-20(27)16-9-5-4-8-15(16)19(24-25)21(28)29-13-18(26)23-12-14-7-3-6-10-17(14)22/h3-10H,2,11-13H2,1H3,(H,23,26). The zero-order valence-corrected chi connectivity index (χ0v) is 16.6. The van der Waals surface area contributed by atoms with Crippen molar-refractivity contribution in [2.45, 2.75) is 26.4 Å². The fourth-order valence-corrected chi connectivity index (χ4v) is 3.04. The first-order valence-corrected chi connectivity index (χ1v) is 9.56. The number of carbonyl (C=O) groups excluding carboxylic acids is 2. The molecule has 2 aromatic carbocycles. The van der Waals surface area contributed by atoms with Crippen LogP contribution < -0.4 is 10.9 Å². The molecule has 8 heteroatoms. The van der Waals surface area contributed by atoms with Gasteiger partial charge in [0.15, 0.2) is 12.3 Å². The molecule has 3 aromatic rings. The third-order valence-electron chi connectivity index (χ3n) is 4.26. The lowest BCUT2D eigenvalue weighted by Crippen LogP contribution is -2.30. The van der Waals surface area contributed by atoms with Crippen LogP contribution in [0.15, 0.2) is 53.3 Å². The van der Waals surface area contributed by atoms with Gasteiger partial charge in [0, 0.05) is 23.5 Å². The Kier molecular flexibility index (Phi) is 6.61. The van der Waals surface area contributed by atoms with Gasteiger partial charge in [-0.05, 0) is 24.1 Å². The van der Waals surface area contributed by atoms with Gasteiger partial charge in [-0.2, -0.15) is 5.10 Å². The number of esters is 1. The summed E-state index contributed by atoms with van der Waals surface area (Å²) in [6, 6.07) is 13.8. The van der Waals surface area contributed by atoms with E-state index in [-0.39, 0.29) is 17.8 Å². The van der Waals surface area contributed by atoms with E-state index in [0.29, 0.717) is 28.8 Å². The minimum atomic E-state index is -0.765. The molecule has 1 heterocycles. The van der Waals surface area contributed by atoms with Crippen LogP contribution in [0.5, 0.6) is 0 Å². The van der Waals surface area contributed by atoms with Crippen LogP contribution in [0.25, 0.3) is 10.8 Å². The molecule has 0 aliphatic heterocycles. The first-order chi connectivity index (χ1) is 14.0. The minimum Gasteiger partial charge on any atom is -0.451 e. The molecule has 0 bridgehead atoms. The van der Waals surface area contributed by atoms with Crippen molar-refractivity contribution in [2.75, 3.05) is 6.61 Å². The lowest BCUT2D eigenvalue weighted by Gasteiger charge is -2.11. The predicted molar refractivity (Wildman–Crippen MR) is 110 cm³/mol. The summed E-state index contributed by atoms with van der Waals surface area (Å²) in [6.45, 7) is 2.04. The van der Waals surface area contributed by atoms with Gasteiger partial charge in [-0.15, -0.1) is 0 Å². The summed E-state index contributed by atoms with van der Waals surface area (Å²) < 4.78 is 6.37. The average Bonchev–Trinajstić information content (AvgIpc) is 2.73. The highest BCUT2D eigenvalue weighted by Crippen LogP contribution is 2.15. The summed E-state index contributed by atoms with van der Waals surface area (Å²) in [5.74, 6) is -1.23. The molecular weight excluding hydrogens is 394 g/mol.